The number of carbonyl (C=O) groups is 2. The summed E-state index contributed by atoms with van der Waals surface area (Å²) in [6, 6.07) is 3.36. The number of nitrogens with one attached hydrogen (secondary N) is 1. The van der Waals surface area contributed by atoms with Gasteiger partial charge in [-0.15, -0.1) is 0 Å². The number of amides is 2. The van der Waals surface area contributed by atoms with E-state index >= 15 is 0 Å². The number of aromatic nitrogens is 2. The average molecular weight is 359 g/mol. The van der Waals surface area contributed by atoms with Gasteiger partial charge in [-0.2, -0.15) is 0 Å². The minimum atomic E-state index is -0.500. The van der Waals surface area contributed by atoms with E-state index in [0.717, 1.165) is 23.9 Å². The van der Waals surface area contributed by atoms with Gasteiger partial charge >= 0.3 is 6.09 Å². The summed E-state index contributed by atoms with van der Waals surface area (Å²) in [7, 11) is 0. The number of fused-ring (bicyclic) bond motifs is 1. The van der Waals surface area contributed by atoms with Gasteiger partial charge in [-0.25, -0.2) is 9.78 Å². The first-order valence-electron chi connectivity index (χ1n) is 8.55. The Morgan fingerprint density at radius 1 is 1.35 bits per heavy atom. The van der Waals surface area contributed by atoms with Crippen molar-refractivity contribution in [3.8, 4) is 0 Å². The number of carbonyl (C=O) groups excluding carboxylic acids is 2. The molecule has 0 atom stereocenters. The molecule has 0 aliphatic carbocycles. The summed E-state index contributed by atoms with van der Waals surface area (Å²) in [6.07, 6.45) is 5.11. The number of allylic oxidation sites excluding steroid dienone is 1. The number of nitrogens with two attached hydrogens (primary N) is 2. The first kappa shape index (κ1) is 19.3. The molecule has 0 spiro atoms. The molecule has 0 bridgehead atoms. The maximum absolute atomic E-state index is 11.4. The molecule has 1 heterocycles. The van der Waals surface area contributed by atoms with Gasteiger partial charge in [0.05, 0.1) is 17.6 Å². The van der Waals surface area contributed by atoms with Crippen LogP contribution in [0.3, 0.4) is 0 Å². The topological polar surface area (TPSA) is 125 Å². The fourth-order valence-corrected chi connectivity index (χ4v) is 2.59. The van der Waals surface area contributed by atoms with Crippen molar-refractivity contribution in [1.82, 2.24) is 14.9 Å². The van der Waals surface area contributed by atoms with Crippen LogP contribution >= 0.6 is 0 Å². The minimum Gasteiger partial charge on any atom is -0.450 e. The zero-order chi connectivity index (χ0) is 19.1. The summed E-state index contributed by atoms with van der Waals surface area (Å²) in [5.41, 5.74) is 14.1. The van der Waals surface area contributed by atoms with Crippen LogP contribution in [0.15, 0.2) is 24.3 Å². The molecule has 8 nitrogen and oxygen atoms in total. The monoisotopic (exact) mass is 359 g/mol. The van der Waals surface area contributed by atoms with Crippen LogP contribution in [0.2, 0.25) is 0 Å². The van der Waals surface area contributed by atoms with Crippen molar-refractivity contribution in [2.24, 2.45) is 5.73 Å². The summed E-state index contributed by atoms with van der Waals surface area (Å²) in [5.74, 6) is -0.152. The number of anilines is 1. The van der Waals surface area contributed by atoms with Gasteiger partial charge in [-0.3, -0.25) is 4.79 Å². The highest BCUT2D eigenvalue weighted by Crippen LogP contribution is 2.23. The van der Waals surface area contributed by atoms with E-state index in [1.165, 1.54) is 0 Å². The van der Waals surface area contributed by atoms with Gasteiger partial charge in [-0.05, 0) is 31.0 Å². The predicted octanol–water partition coefficient (Wildman–Crippen LogP) is 2.11. The van der Waals surface area contributed by atoms with Crippen molar-refractivity contribution in [2.45, 2.75) is 33.2 Å². The Bertz CT molecular complexity index is 826. The summed E-state index contributed by atoms with van der Waals surface area (Å²) in [4.78, 5) is 27.1. The summed E-state index contributed by atoms with van der Waals surface area (Å²) < 4.78 is 6.84. The largest absolute Gasteiger partial charge is 0.450 e. The second-order valence-corrected chi connectivity index (χ2v) is 5.95. The van der Waals surface area contributed by atoms with Gasteiger partial charge in [0.2, 0.25) is 11.9 Å². The van der Waals surface area contributed by atoms with E-state index in [2.05, 4.69) is 10.3 Å². The van der Waals surface area contributed by atoms with E-state index in [0.29, 0.717) is 36.7 Å². The molecule has 1 aromatic heterocycles. The highest BCUT2D eigenvalue weighted by Gasteiger charge is 2.13. The highest BCUT2D eigenvalue weighted by molar-refractivity contribution is 5.97. The van der Waals surface area contributed by atoms with Crippen molar-refractivity contribution in [3.05, 3.63) is 35.4 Å². The van der Waals surface area contributed by atoms with Crippen LogP contribution in [0.25, 0.3) is 11.0 Å². The first-order valence-corrected chi connectivity index (χ1v) is 8.55. The van der Waals surface area contributed by atoms with Crippen molar-refractivity contribution in [2.75, 3.05) is 18.9 Å². The van der Waals surface area contributed by atoms with Crippen molar-refractivity contribution in [3.63, 3.8) is 0 Å². The number of unbranched alkanes of at least 4 members (excludes halogenated alkanes) is 1. The number of benzene rings is 1. The van der Waals surface area contributed by atoms with E-state index in [9.17, 15) is 9.59 Å². The fourth-order valence-electron chi connectivity index (χ4n) is 2.59. The van der Waals surface area contributed by atoms with Gasteiger partial charge in [0.1, 0.15) is 0 Å². The molecule has 2 amide bonds. The van der Waals surface area contributed by atoms with Crippen LogP contribution < -0.4 is 16.8 Å². The Kier molecular flexibility index (Phi) is 6.60. The standard InChI is InChI=1S/C18H25N5O3/c1-3-4-9-26-18(25)21-7-5-6-8-23-15-12(2)10-13(16(19)24)11-14(15)22-17(23)20/h5-6,10-11H,3-4,7-9H2,1-2H3,(H2,19,24)(H2,20,22)(H,21,25). The predicted molar refractivity (Wildman–Crippen MR) is 101 cm³/mol. The molecule has 0 radical (unpaired) electrons. The number of imidazole rings is 1. The third kappa shape index (κ3) is 4.75. The Morgan fingerprint density at radius 3 is 2.81 bits per heavy atom. The summed E-state index contributed by atoms with van der Waals surface area (Å²) in [5, 5.41) is 2.65. The van der Waals surface area contributed by atoms with E-state index < -0.39 is 12.0 Å². The van der Waals surface area contributed by atoms with Gasteiger partial charge in [0.15, 0.2) is 0 Å². The lowest BCUT2D eigenvalue weighted by Crippen LogP contribution is -2.24. The Morgan fingerprint density at radius 2 is 2.12 bits per heavy atom. The lowest BCUT2D eigenvalue weighted by atomic mass is 10.1. The molecule has 1 aromatic carbocycles. The normalized spacial score (nSPS) is 11.2. The van der Waals surface area contributed by atoms with E-state index in [1.54, 1.807) is 12.1 Å². The van der Waals surface area contributed by atoms with Gasteiger partial charge in [0, 0.05) is 18.7 Å². The number of nitrogens with zero attached hydrogens (tertiary/aromatic N) is 2. The number of aryl methyl sites for hydroxylation is 1. The Balaban J connectivity index is 1.99. The molecule has 0 saturated carbocycles. The molecule has 8 heteroatoms. The average Bonchev–Trinajstić information content (AvgIpc) is 2.90. The smallest absolute Gasteiger partial charge is 0.407 e. The van der Waals surface area contributed by atoms with Crippen LogP contribution in [-0.4, -0.2) is 34.7 Å². The van der Waals surface area contributed by atoms with Crippen LogP contribution in [0.1, 0.15) is 35.7 Å². The van der Waals surface area contributed by atoms with Gasteiger partial charge in [-0.1, -0.05) is 25.5 Å². The van der Waals surface area contributed by atoms with Gasteiger partial charge < -0.3 is 26.1 Å². The number of nitrogen functional groups attached to an aromatic ring is 1. The number of alkyl carbamates (subject to hydrolysis) is 1. The molecule has 0 aliphatic rings. The maximum Gasteiger partial charge on any atom is 0.407 e. The molecule has 0 fully saturated rings. The fraction of sp³-hybridized carbons (Fsp3) is 0.389. The molecule has 26 heavy (non-hydrogen) atoms. The first-order chi connectivity index (χ1) is 12.4. The zero-order valence-corrected chi connectivity index (χ0v) is 15.1. The van der Waals surface area contributed by atoms with Crippen LogP contribution in [0.5, 0.6) is 0 Å². The molecule has 0 unspecified atom stereocenters. The lowest BCUT2D eigenvalue weighted by Gasteiger charge is -2.07. The van der Waals surface area contributed by atoms with Crippen LogP contribution in [-0.2, 0) is 11.3 Å². The maximum atomic E-state index is 11.4. The van der Waals surface area contributed by atoms with Crippen molar-refractivity contribution >= 4 is 29.0 Å². The Hall–Kier alpha value is -3.03. The molecular formula is C18H25N5O3. The van der Waals surface area contributed by atoms with Crippen LogP contribution in [0, 0.1) is 6.92 Å². The number of hydrogen-bond acceptors (Lipinski definition) is 5. The van der Waals surface area contributed by atoms with Crippen LogP contribution in [0.4, 0.5) is 10.7 Å². The molecule has 2 aromatic rings. The zero-order valence-electron chi connectivity index (χ0n) is 15.1. The molecule has 140 valence electrons. The summed E-state index contributed by atoms with van der Waals surface area (Å²) in [6.45, 7) is 5.19. The number of rotatable bonds is 8. The van der Waals surface area contributed by atoms with E-state index in [1.807, 2.05) is 30.6 Å². The van der Waals surface area contributed by atoms with Gasteiger partial charge in [0.25, 0.3) is 0 Å². The minimum absolute atomic E-state index is 0.348. The van der Waals surface area contributed by atoms with E-state index in [4.69, 9.17) is 16.2 Å². The molecule has 0 aliphatic heterocycles. The Labute approximate surface area is 152 Å². The molecule has 5 N–H and O–H groups in total. The number of hydrogen-bond donors (Lipinski definition) is 3. The lowest BCUT2D eigenvalue weighted by molar-refractivity contribution is 0.1000. The number of primary amides is 1. The second kappa shape index (κ2) is 8.89. The second-order valence-electron chi connectivity index (χ2n) is 5.95. The van der Waals surface area contributed by atoms with Crippen molar-refractivity contribution < 1.29 is 14.3 Å². The third-order valence-corrected chi connectivity index (χ3v) is 3.90. The molecule has 0 saturated heterocycles. The highest BCUT2D eigenvalue weighted by atomic mass is 16.5. The summed E-state index contributed by atoms with van der Waals surface area (Å²) >= 11 is 0. The molecular weight excluding hydrogens is 334 g/mol. The number of ether oxygens (including phenoxy) is 1. The van der Waals surface area contributed by atoms with E-state index in [-0.39, 0.29) is 0 Å². The quantitative estimate of drug-likeness (QED) is 0.492. The molecule has 2 rings (SSSR count). The van der Waals surface area contributed by atoms with Crippen molar-refractivity contribution in [1.29, 1.82) is 0 Å². The third-order valence-electron chi connectivity index (χ3n) is 3.90. The SMILES string of the molecule is CCCCOC(=O)NCC=CCn1c(N)nc2cc(C(N)=O)cc(C)c21.